The summed E-state index contributed by atoms with van der Waals surface area (Å²) in [4.78, 5) is 12.8. The van der Waals surface area contributed by atoms with Crippen LogP contribution in [0, 0.1) is 0 Å². The van der Waals surface area contributed by atoms with Crippen molar-refractivity contribution in [2.45, 2.75) is 12.6 Å². The molecular formula is C10H10BrNO2. The van der Waals surface area contributed by atoms with Gasteiger partial charge in [0.25, 0.3) is 0 Å². The van der Waals surface area contributed by atoms with Gasteiger partial charge in [0.05, 0.1) is 0 Å². The summed E-state index contributed by atoms with van der Waals surface area (Å²) in [6.07, 6.45) is 0. The summed E-state index contributed by atoms with van der Waals surface area (Å²) >= 11 is 3.38. The average molecular weight is 256 g/mol. The van der Waals surface area contributed by atoms with Crippen LogP contribution in [0.3, 0.4) is 0 Å². The molecule has 0 bridgehead atoms. The van der Waals surface area contributed by atoms with Crippen molar-refractivity contribution in [1.29, 1.82) is 0 Å². The number of carbonyl (C=O) groups is 1. The molecule has 0 saturated carbocycles. The minimum atomic E-state index is -0.784. The van der Waals surface area contributed by atoms with Crippen molar-refractivity contribution in [2.24, 2.45) is 0 Å². The lowest BCUT2D eigenvalue weighted by Crippen LogP contribution is -2.24. The first kappa shape index (κ1) is 9.68. The van der Waals surface area contributed by atoms with Crippen LogP contribution in [0.2, 0.25) is 0 Å². The lowest BCUT2D eigenvalue weighted by atomic mass is 10.1. The van der Waals surface area contributed by atoms with Gasteiger partial charge < -0.3 is 5.11 Å². The SMILES string of the molecule is CN1Cc2cc(Br)ccc2C1C(=O)O. The predicted octanol–water partition coefficient (Wildman–Crippen LogP) is 2.02. The molecular weight excluding hydrogens is 246 g/mol. The van der Waals surface area contributed by atoms with E-state index < -0.39 is 12.0 Å². The Morgan fingerprint density at radius 3 is 3.00 bits per heavy atom. The largest absolute Gasteiger partial charge is 0.480 e. The summed E-state index contributed by atoms with van der Waals surface area (Å²) in [6, 6.07) is 5.25. The van der Waals surface area contributed by atoms with Crippen molar-refractivity contribution >= 4 is 21.9 Å². The fraction of sp³-hybridized carbons (Fsp3) is 0.300. The molecule has 1 aromatic carbocycles. The topological polar surface area (TPSA) is 40.5 Å². The summed E-state index contributed by atoms with van der Waals surface area (Å²) in [7, 11) is 1.83. The van der Waals surface area contributed by atoms with E-state index in [1.807, 2.05) is 30.1 Å². The Labute approximate surface area is 90.5 Å². The van der Waals surface area contributed by atoms with E-state index in [-0.39, 0.29) is 0 Å². The summed E-state index contributed by atoms with van der Waals surface area (Å²) in [5.74, 6) is -0.784. The number of carboxylic acid groups (broad SMARTS) is 1. The molecule has 1 aromatic rings. The second-order valence-electron chi connectivity index (χ2n) is 3.50. The van der Waals surface area contributed by atoms with Gasteiger partial charge in [-0.3, -0.25) is 9.69 Å². The van der Waals surface area contributed by atoms with E-state index in [1.165, 1.54) is 0 Å². The zero-order valence-corrected chi connectivity index (χ0v) is 9.28. The molecule has 1 N–H and O–H groups in total. The van der Waals surface area contributed by atoms with E-state index >= 15 is 0 Å². The fourth-order valence-electron chi connectivity index (χ4n) is 1.90. The molecule has 0 aliphatic carbocycles. The van der Waals surface area contributed by atoms with Crippen molar-refractivity contribution in [3.63, 3.8) is 0 Å². The molecule has 0 amide bonds. The monoisotopic (exact) mass is 255 g/mol. The number of carboxylic acids is 1. The zero-order valence-electron chi connectivity index (χ0n) is 7.70. The highest BCUT2D eigenvalue weighted by atomic mass is 79.9. The van der Waals surface area contributed by atoms with E-state index in [0.717, 1.165) is 15.6 Å². The summed E-state index contributed by atoms with van der Waals surface area (Å²) < 4.78 is 0.996. The molecule has 0 radical (unpaired) electrons. The molecule has 0 aromatic heterocycles. The zero-order chi connectivity index (χ0) is 10.3. The molecule has 74 valence electrons. The number of likely N-dealkylation sites (N-methyl/N-ethyl adjacent to an activating group) is 1. The quantitative estimate of drug-likeness (QED) is 0.835. The van der Waals surface area contributed by atoms with E-state index in [1.54, 1.807) is 0 Å². The van der Waals surface area contributed by atoms with Crippen molar-refractivity contribution in [3.8, 4) is 0 Å². The lowest BCUT2D eigenvalue weighted by Gasteiger charge is -2.14. The van der Waals surface area contributed by atoms with Crippen LogP contribution in [-0.4, -0.2) is 23.0 Å². The number of fused-ring (bicyclic) bond motifs is 1. The van der Waals surface area contributed by atoms with Gasteiger partial charge in [-0.25, -0.2) is 0 Å². The van der Waals surface area contributed by atoms with Crippen molar-refractivity contribution in [1.82, 2.24) is 4.90 Å². The van der Waals surface area contributed by atoms with Crippen LogP contribution in [0.1, 0.15) is 17.2 Å². The molecule has 4 heteroatoms. The Bertz CT molecular complexity index is 392. The average Bonchev–Trinajstić information content (AvgIpc) is 2.39. The van der Waals surface area contributed by atoms with Gasteiger partial charge in [-0.1, -0.05) is 22.0 Å². The van der Waals surface area contributed by atoms with Crippen molar-refractivity contribution < 1.29 is 9.90 Å². The highest BCUT2D eigenvalue weighted by Gasteiger charge is 2.32. The molecule has 1 aliphatic rings. The van der Waals surface area contributed by atoms with Crippen molar-refractivity contribution in [2.75, 3.05) is 7.05 Å². The molecule has 0 fully saturated rings. The number of hydrogen-bond donors (Lipinski definition) is 1. The molecule has 14 heavy (non-hydrogen) atoms. The van der Waals surface area contributed by atoms with Crippen LogP contribution in [0.5, 0.6) is 0 Å². The van der Waals surface area contributed by atoms with E-state index in [0.29, 0.717) is 6.54 Å². The van der Waals surface area contributed by atoms with E-state index in [9.17, 15) is 4.79 Å². The Hall–Kier alpha value is -0.870. The van der Waals surface area contributed by atoms with Gasteiger partial charge in [0.2, 0.25) is 0 Å². The van der Waals surface area contributed by atoms with Gasteiger partial charge in [0, 0.05) is 11.0 Å². The smallest absolute Gasteiger partial charge is 0.325 e. The molecule has 2 rings (SSSR count). The second kappa shape index (κ2) is 3.37. The third kappa shape index (κ3) is 1.44. The highest BCUT2D eigenvalue weighted by Crippen LogP contribution is 2.33. The first-order valence-corrected chi connectivity index (χ1v) is 5.10. The van der Waals surface area contributed by atoms with Crippen LogP contribution in [-0.2, 0) is 11.3 Å². The normalized spacial score (nSPS) is 20.9. The molecule has 1 aliphatic heterocycles. The molecule has 1 heterocycles. The van der Waals surface area contributed by atoms with Crippen LogP contribution in [0.4, 0.5) is 0 Å². The maximum Gasteiger partial charge on any atom is 0.325 e. The fourth-order valence-corrected chi connectivity index (χ4v) is 2.31. The highest BCUT2D eigenvalue weighted by molar-refractivity contribution is 9.10. The van der Waals surface area contributed by atoms with E-state index in [2.05, 4.69) is 15.9 Å². The molecule has 0 saturated heterocycles. The van der Waals surface area contributed by atoms with Crippen LogP contribution < -0.4 is 0 Å². The molecule has 0 spiro atoms. The number of benzene rings is 1. The molecule has 1 atom stereocenters. The maximum atomic E-state index is 11.0. The number of halogens is 1. The van der Waals surface area contributed by atoms with Gasteiger partial charge in [0.1, 0.15) is 6.04 Å². The summed E-state index contributed by atoms with van der Waals surface area (Å²) in [6.45, 7) is 0.700. The van der Waals surface area contributed by atoms with Gasteiger partial charge >= 0.3 is 5.97 Å². The Balaban J connectivity index is 2.48. The minimum Gasteiger partial charge on any atom is -0.480 e. The maximum absolute atomic E-state index is 11.0. The number of aliphatic carboxylic acids is 1. The molecule has 3 nitrogen and oxygen atoms in total. The lowest BCUT2D eigenvalue weighted by molar-refractivity contribution is -0.142. The number of nitrogens with zero attached hydrogens (tertiary/aromatic N) is 1. The van der Waals surface area contributed by atoms with Crippen LogP contribution in [0.15, 0.2) is 22.7 Å². The van der Waals surface area contributed by atoms with Crippen LogP contribution >= 0.6 is 15.9 Å². The Kier molecular flexibility index (Phi) is 2.33. The minimum absolute atomic E-state index is 0.488. The van der Waals surface area contributed by atoms with Crippen molar-refractivity contribution in [3.05, 3.63) is 33.8 Å². The van der Waals surface area contributed by atoms with Gasteiger partial charge in [-0.05, 0) is 30.3 Å². The summed E-state index contributed by atoms with van der Waals surface area (Å²) in [5.41, 5.74) is 2.00. The first-order chi connectivity index (χ1) is 6.59. The first-order valence-electron chi connectivity index (χ1n) is 4.31. The van der Waals surface area contributed by atoms with Gasteiger partial charge in [-0.2, -0.15) is 0 Å². The predicted molar refractivity (Wildman–Crippen MR) is 56.0 cm³/mol. The Morgan fingerprint density at radius 1 is 1.64 bits per heavy atom. The standard InChI is InChI=1S/C10H10BrNO2/c1-12-5-6-4-7(11)2-3-8(6)9(12)10(13)14/h2-4,9H,5H2,1H3,(H,13,14). The van der Waals surface area contributed by atoms with Crippen LogP contribution in [0.25, 0.3) is 0 Å². The van der Waals surface area contributed by atoms with Gasteiger partial charge in [-0.15, -0.1) is 0 Å². The van der Waals surface area contributed by atoms with E-state index in [4.69, 9.17) is 5.11 Å². The second-order valence-corrected chi connectivity index (χ2v) is 4.41. The van der Waals surface area contributed by atoms with Gasteiger partial charge in [0.15, 0.2) is 0 Å². The number of hydrogen-bond acceptors (Lipinski definition) is 2. The number of rotatable bonds is 1. The molecule has 1 unspecified atom stereocenters. The third-order valence-electron chi connectivity index (χ3n) is 2.49. The Morgan fingerprint density at radius 2 is 2.36 bits per heavy atom. The third-order valence-corrected chi connectivity index (χ3v) is 2.99. The summed E-state index contributed by atoms with van der Waals surface area (Å²) in [5, 5.41) is 9.05.